The van der Waals surface area contributed by atoms with E-state index in [4.69, 9.17) is 10.8 Å². The van der Waals surface area contributed by atoms with Gasteiger partial charge in [-0.25, -0.2) is 4.68 Å². The van der Waals surface area contributed by atoms with Gasteiger partial charge in [0.25, 0.3) is 0 Å². The van der Waals surface area contributed by atoms with Gasteiger partial charge in [0.05, 0.1) is 18.8 Å². The lowest BCUT2D eigenvalue weighted by molar-refractivity contribution is 0.282. The molecule has 1 aromatic rings. The van der Waals surface area contributed by atoms with Gasteiger partial charge in [-0.2, -0.15) is 5.10 Å². The van der Waals surface area contributed by atoms with Gasteiger partial charge >= 0.3 is 0 Å². The van der Waals surface area contributed by atoms with Crippen LogP contribution in [0.4, 0.5) is 5.82 Å². The van der Waals surface area contributed by atoms with Gasteiger partial charge in [0.15, 0.2) is 0 Å². The average Bonchev–Trinajstić information content (AvgIpc) is 2.61. The number of rotatable bonds is 2. The van der Waals surface area contributed by atoms with Crippen LogP contribution in [0.25, 0.3) is 0 Å². The number of hydrogen-bond acceptors (Lipinski definition) is 3. The molecule has 0 radical (unpaired) electrons. The lowest BCUT2D eigenvalue weighted by atomic mass is 9.96. The second kappa shape index (κ2) is 4.00. The van der Waals surface area contributed by atoms with Gasteiger partial charge in [-0.15, -0.1) is 0 Å². The van der Waals surface area contributed by atoms with Crippen molar-refractivity contribution in [2.75, 3.05) is 5.73 Å². The van der Waals surface area contributed by atoms with E-state index in [2.05, 4.69) is 5.10 Å². The van der Waals surface area contributed by atoms with Crippen LogP contribution in [0.15, 0.2) is 6.20 Å². The van der Waals surface area contributed by atoms with Gasteiger partial charge in [0.1, 0.15) is 5.82 Å². The molecule has 2 rings (SSSR count). The topological polar surface area (TPSA) is 64.1 Å². The fourth-order valence-electron chi connectivity index (χ4n) is 2.15. The van der Waals surface area contributed by atoms with E-state index < -0.39 is 0 Å². The van der Waals surface area contributed by atoms with Crippen LogP contribution < -0.4 is 5.73 Å². The Balaban J connectivity index is 2.18. The fourth-order valence-corrected chi connectivity index (χ4v) is 2.15. The zero-order valence-electron chi connectivity index (χ0n) is 8.32. The van der Waals surface area contributed by atoms with Crippen molar-refractivity contribution in [3.63, 3.8) is 0 Å². The van der Waals surface area contributed by atoms with Crippen LogP contribution in [0.3, 0.4) is 0 Å². The Labute approximate surface area is 83.7 Å². The lowest BCUT2D eigenvalue weighted by Gasteiger charge is -2.22. The Morgan fingerprint density at radius 2 is 2.14 bits per heavy atom. The molecule has 1 saturated carbocycles. The number of anilines is 1. The summed E-state index contributed by atoms with van der Waals surface area (Å²) in [4.78, 5) is 0. The van der Waals surface area contributed by atoms with E-state index in [9.17, 15) is 0 Å². The molecular weight excluding hydrogens is 178 g/mol. The molecular formula is C10H17N3O. The summed E-state index contributed by atoms with van der Waals surface area (Å²) in [7, 11) is 0. The summed E-state index contributed by atoms with van der Waals surface area (Å²) in [5.41, 5.74) is 6.63. The zero-order chi connectivity index (χ0) is 9.97. The van der Waals surface area contributed by atoms with Crippen molar-refractivity contribution >= 4 is 5.82 Å². The summed E-state index contributed by atoms with van der Waals surface area (Å²) in [6.45, 7) is -0.0153. The molecule has 0 amide bonds. The third kappa shape index (κ3) is 1.62. The minimum Gasteiger partial charge on any atom is -0.391 e. The molecule has 0 unspecified atom stereocenters. The van der Waals surface area contributed by atoms with Gasteiger partial charge in [-0.05, 0) is 12.8 Å². The lowest BCUT2D eigenvalue weighted by Crippen LogP contribution is -2.16. The summed E-state index contributed by atoms with van der Waals surface area (Å²) in [5.74, 6) is 0.638. The molecule has 0 bridgehead atoms. The van der Waals surface area contributed by atoms with Crippen molar-refractivity contribution in [2.24, 2.45) is 0 Å². The summed E-state index contributed by atoms with van der Waals surface area (Å²) < 4.78 is 1.88. The number of nitrogens with two attached hydrogens (primary N) is 1. The number of nitrogens with zero attached hydrogens (tertiary/aromatic N) is 2. The van der Waals surface area contributed by atoms with Gasteiger partial charge in [-0.1, -0.05) is 19.3 Å². The van der Waals surface area contributed by atoms with Crippen LogP contribution in [0.2, 0.25) is 0 Å². The number of nitrogen functional groups attached to an aromatic ring is 1. The van der Waals surface area contributed by atoms with E-state index in [0.29, 0.717) is 11.9 Å². The smallest absolute Gasteiger partial charge is 0.127 e. The van der Waals surface area contributed by atoms with Gasteiger partial charge in [0, 0.05) is 5.56 Å². The quantitative estimate of drug-likeness (QED) is 0.751. The van der Waals surface area contributed by atoms with Crippen molar-refractivity contribution in [3.05, 3.63) is 11.8 Å². The molecule has 0 saturated heterocycles. The summed E-state index contributed by atoms with van der Waals surface area (Å²) >= 11 is 0. The molecule has 1 heterocycles. The minimum atomic E-state index is -0.0153. The number of aromatic nitrogens is 2. The van der Waals surface area contributed by atoms with Crippen molar-refractivity contribution in [3.8, 4) is 0 Å². The Kier molecular flexibility index (Phi) is 2.72. The van der Waals surface area contributed by atoms with E-state index >= 15 is 0 Å². The standard InChI is InChI=1S/C10H17N3O/c11-10-8(7-14)6-12-13(10)9-4-2-1-3-5-9/h6,9,14H,1-5,7,11H2. The fraction of sp³-hybridized carbons (Fsp3) is 0.700. The third-order valence-electron chi connectivity index (χ3n) is 3.00. The van der Waals surface area contributed by atoms with Gasteiger partial charge < -0.3 is 10.8 Å². The van der Waals surface area contributed by atoms with E-state index in [1.54, 1.807) is 6.20 Å². The second-order valence-electron chi connectivity index (χ2n) is 3.95. The Morgan fingerprint density at radius 3 is 2.71 bits per heavy atom. The third-order valence-corrected chi connectivity index (χ3v) is 3.00. The maximum Gasteiger partial charge on any atom is 0.127 e. The predicted molar refractivity (Wildman–Crippen MR) is 54.7 cm³/mol. The number of aliphatic hydroxyl groups is 1. The molecule has 1 aliphatic carbocycles. The van der Waals surface area contributed by atoms with Crippen molar-refractivity contribution in [1.82, 2.24) is 9.78 Å². The van der Waals surface area contributed by atoms with Crippen LogP contribution in [0.5, 0.6) is 0 Å². The molecule has 0 aliphatic heterocycles. The van der Waals surface area contributed by atoms with Gasteiger partial charge in [-0.3, -0.25) is 0 Å². The summed E-state index contributed by atoms with van der Waals surface area (Å²) in [6.07, 6.45) is 7.85. The molecule has 4 heteroatoms. The van der Waals surface area contributed by atoms with Crippen molar-refractivity contribution in [2.45, 2.75) is 44.8 Å². The maximum absolute atomic E-state index is 9.00. The first-order chi connectivity index (χ1) is 6.83. The van der Waals surface area contributed by atoms with Crippen LogP contribution in [0, 0.1) is 0 Å². The van der Waals surface area contributed by atoms with Crippen molar-refractivity contribution < 1.29 is 5.11 Å². The maximum atomic E-state index is 9.00. The van der Waals surface area contributed by atoms with Crippen LogP contribution in [0.1, 0.15) is 43.7 Å². The first-order valence-corrected chi connectivity index (χ1v) is 5.25. The van der Waals surface area contributed by atoms with Crippen LogP contribution >= 0.6 is 0 Å². The average molecular weight is 195 g/mol. The normalized spacial score (nSPS) is 18.6. The molecule has 0 spiro atoms. The molecule has 0 aromatic carbocycles. The van der Waals surface area contributed by atoms with Crippen LogP contribution in [-0.4, -0.2) is 14.9 Å². The Hall–Kier alpha value is -1.03. The SMILES string of the molecule is Nc1c(CO)cnn1C1CCCCC1. The van der Waals surface area contributed by atoms with E-state index in [1.165, 1.54) is 19.3 Å². The van der Waals surface area contributed by atoms with Crippen molar-refractivity contribution in [1.29, 1.82) is 0 Å². The molecule has 14 heavy (non-hydrogen) atoms. The molecule has 1 aliphatic rings. The highest BCUT2D eigenvalue weighted by molar-refractivity contribution is 5.38. The van der Waals surface area contributed by atoms with Gasteiger partial charge in [0.2, 0.25) is 0 Å². The molecule has 4 nitrogen and oxygen atoms in total. The highest BCUT2D eigenvalue weighted by Gasteiger charge is 2.18. The molecule has 1 fully saturated rings. The minimum absolute atomic E-state index is 0.0153. The monoisotopic (exact) mass is 195 g/mol. The number of hydrogen-bond donors (Lipinski definition) is 2. The first kappa shape index (κ1) is 9.52. The predicted octanol–water partition coefficient (Wildman–Crippen LogP) is 1.46. The molecule has 78 valence electrons. The van der Waals surface area contributed by atoms with E-state index in [0.717, 1.165) is 18.4 Å². The first-order valence-electron chi connectivity index (χ1n) is 5.25. The number of aliphatic hydroxyl groups excluding tert-OH is 1. The Bertz CT molecular complexity index is 302. The summed E-state index contributed by atoms with van der Waals surface area (Å²) in [5, 5.41) is 13.2. The molecule has 0 atom stereocenters. The molecule has 1 aromatic heterocycles. The zero-order valence-corrected chi connectivity index (χ0v) is 8.32. The van der Waals surface area contributed by atoms with Crippen LogP contribution in [-0.2, 0) is 6.61 Å². The Morgan fingerprint density at radius 1 is 1.43 bits per heavy atom. The van der Waals surface area contributed by atoms with E-state index in [1.807, 2.05) is 4.68 Å². The van der Waals surface area contributed by atoms with E-state index in [-0.39, 0.29) is 6.61 Å². The molecule has 3 N–H and O–H groups in total. The second-order valence-corrected chi connectivity index (χ2v) is 3.95. The summed E-state index contributed by atoms with van der Waals surface area (Å²) in [6, 6.07) is 0.448. The highest BCUT2D eigenvalue weighted by Crippen LogP contribution is 2.30. The highest BCUT2D eigenvalue weighted by atomic mass is 16.3. The largest absolute Gasteiger partial charge is 0.391 e.